The smallest absolute Gasteiger partial charge is 0.311 e. The maximum atomic E-state index is 11.2. The van der Waals surface area contributed by atoms with E-state index in [-0.39, 0.29) is 13.2 Å². The number of nitrogens with one attached hydrogen (secondary N) is 1. The van der Waals surface area contributed by atoms with Crippen molar-refractivity contribution < 1.29 is 14.7 Å². The quantitative estimate of drug-likeness (QED) is 0.554. The molecule has 0 spiro atoms. The summed E-state index contributed by atoms with van der Waals surface area (Å²) in [5.41, 5.74) is 0. The average Bonchev–Trinajstić information content (AvgIpc) is 2.15. The number of rotatable bonds is 4. The highest BCUT2D eigenvalue weighted by atomic mass is 16.3. The van der Waals surface area contributed by atoms with Crippen LogP contribution in [0.25, 0.3) is 0 Å². The van der Waals surface area contributed by atoms with Gasteiger partial charge < -0.3 is 15.3 Å². The molecule has 0 saturated heterocycles. The van der Waals surface area contributed by atoms with E-state index in [2.05, 4.69) is 5.32 Å². The lowest BCUT2D eigenvalue weighted by atomic mass is 10.4. The van der Waals surface area contributed by atoms with Gasteiger partial charge in [-0.2, -0.15) is 0 Å². The van der Waals surface area contributed by atoms with Gasteiger partial charge in [0.1, 0.15) is 0 Å². The van der Waals surface area contributed by atoms with Gasteiger partial charge in [0.05, 0.1) is 6.61 Å². The topological polar surface area (TPSA) is 69.6 Å². The highest BCUT2D eigenvalue weighted by Gasteiger charge is 2.17. The molecule has 0 atom stereocenters. The fourth-order valence-electron chi connectivity index (χ4n) is 0.899. The Kier molecular flexibility index (Phi) is 5.88. The van der Waals surface area contributed by atoms with Crippen molar-refractivity contribution in [1.29, 1.82) is 0 Å². The van der Waals surface area contributed by atoms with Crippen LogP contribution in [-0.2, 0) is 9.59 Å². The van der Waals surface area contributed by atoms with Crippen molar-refractivity contribution in [2.75, 3.05) is 26.2 Å². The molecule has 0 unspecified atom stereocenters. The molecular weight excluding hydrogens is 172 g/mol. The summed E-state index contributed by atoms with van der Waals surface area (Å²) in [6.45, 7) is 4.61. The molecule has 0 aromatic carbocycles. The number of carbonyl (C=O) groups excluding carboxylic acids is 2. The highest BCUT2D eigenvalue weighted by Crippen LogP contribution is 1.88. The number of nitrogens with zero attached hydrogens (tertiary/aromatic N) is 1. The summed E-state index contributed by atoms with van der Waals surface area (Å²) >= 11 is 0. The van der Waals surface area contributed by atoms with Crippen molar-refractivity contribution in [3.63, 3.8) is 0 Å². The molecule has 0 saturated carbocycles. The third-order valence-electron chi connectivity index (χ3n) is 1.64. The van der Waals surface area contributed by atoms with E-state index in [1.165, 1.54) is 4.90 Å². The van der Waals surface area contributed by atoms with Crippen LogP contribution in [0.5, 0.6) is 0 Å². The van der Waals surface area contributed by atoms with Crippen molar-refractivity contribution in [2.24, 2.45) is 0 Å². The molecule has 5 heteroatoms. The Balaban J connectivity index is 4.00. The lowest BCUT2D eigenvalue weighted by Gasteiger charge is -2.17. The van der Waals surface area contributed by atoms with Gasteiger partial charge in [-0.3, -0.25) is 9.59 Å². The fraction of sp³-hybridized carbons (Fsp3) is 0.750. The van der Waals surface area contributed by atoms with Crippen LogP contribution in [0.4, 0.5) is 0 Å². The summed E-state index contributed by atoms with van der Waals surface area (Å²) in [5, 5.41) is 10.7. The van der Waals surface area contributed by atoms with E-state index in [1.807, 2.05) is 0 Å². The van der Waals surface area contributed by atoms with Crippen molar-refractivity contribution >= 4 is 11.8 Å². The first kappa shape index (κ1) is 11.9. The zero-order chi connectivity index (χ0) is 10.3. The summed E-state index contributed by atoms with van der Waals surface area (Å²) in [7, 11) is 0. The van der Waals surface area contributed by atoms with Gasteiger partial charge in [-0.25, -0.2) is 0 Å². The number of amides is 2. The Labute approximate surface area is 77.7 Å². The van der Waals surface area contributed by atoms with Gasteiger partial charge >= 0.3 is 11.8 Å². The number of likely N-dealkylation sites (N-methyl/N-ethyl adjacent to an activating group) is 1. The normalized spacial score (nSPS) is 9.46. The predicted molar refractivity (Wildman–Crippen MR) is 48.0 cm³/mol. The van der Waals surface area contributed by atoms with Gasteiger partial charge in [-0.1, -0.05) is 0 Å². The van der Waals surface area contributed by atoms with Crippen molar-refractivity contribution in [3.8, 4) is 0 Å². The Morgan fingerprint density at radius 2 is 1.85 bits per heavy atom. The fourth-order valence-corrected chi connectivity index (χ4v) is 0.899. The average molecular weight is 188 g/mol. The summed E-state index contributed by atoms with van der Waals surface area (Å²) in [6, 6.07) is 0. The monoisotopic (exact) mass is 188 g/mol. The van der Waals surface area contributed by atoms with E-state index in [4.69, 9.17) is 5.11 Å². The number of hydrogen-bond donors (Lipinski definition) is 2. The molecule has 0 heterocycles. The molecule has 13 heavy (non-hydrogen) atoms. The maximum absolute atomic E-state index is 11.2. The SMILES string of the molecule is CCN(CC)C(=O)C(=O)NCCO. The van der Waals surface area contributed by atoms with Crippen LogP contribution in [0, 0.1) is 0 Å². The van der Waals surface area contributed by atoms with Crippen LogP contribution in [0.15, 0.2) is 0 Å². The molecule has 5 nitrogen and oxygen atoms in total. The molecule has 0 aliphatic rings. The van der Waals surface area contributed by atoms with Gasteiger partial charge in [0.2, 0.25) is 0 Å². The Bertz CT molecular complexity index is 178. The number of carbonyl (C=O) groups is 2. The zero-order valence-corrected chi connectivity index (χ0v) is 8.04. The predicted octanol–water partition coefficient (Wildman–Crippen LogP) is -1.04. The lowest BCUT2D eigenvalue weighted by Crippen LogP contribution is -2.43. The van der Waals surface area contributed by atoms with E-state index in [1.54, 1.807) is 13.8 Å². The van der Waals surface area contributed by atoms with E-state index in [0.29, 0.717) is 13.1 Å². The second-order valence-corrected chi connectivity index (χ2v) is 2.46. The molecule has 0 aromatic rings. The van der Waals surface area contributed by atoms with Gasteiger partial charge in [0.25, 0.3) is 0 Å². The molecule has 0 fully saturated rings. The molecule has 0 radical (unpaired) electrons. The number of aliphatic hydroxyl groups excluding tert-OH is 1. The van der Waals surface area contributed by atoms with Gasteiger partial charge in [-0.15, -0.1) is 0 Å². The molecule has 0 bridgehead atoms. The zero-order valence-electron chi connectivity index (χ0n) is 8.04. The maximum Gasteiger partial charge on any atom is 0.311 e. The molecule has 0 aliphatic carbocycles. The van der Waals surface area contributed by atoms with E-state index < -0.39 is 11.8 Å². The highest BCUT2D eigenvalue weighted by molar-refractivity contribution is 6.34. The second kappa shape index (κ2) is 6.42. The first-order valence-corrected chi connectivity index (χ1v) is 4.35. The minimum atomic E-state index is -0.655. The Morgan fingerprint density at radius 3 is 2.23 bits per heavy atom. The molecule has 2 N–H and O–H groups in total. The van der Waals surface area contributed by atoms with Crippen molar-refractivity contribution in [2.45, 2.75) is 13.8 Å². The molecular formula is C8H16N2O3. The van der Waals surface area contributed by atoms with E-state index in [9.17, 15) is 9.59 Å². The van der Waals surface area contributed by atoms with Crippen molar-refractivity contribution in [3.05, 3.63) is 0 Å². The first-order valence-electron chi connectivity index (χ1n) is 4.35. The first-order chi connectivity index (χ1) is 6.17. The molecule has 0 aromatic heterocycles. The third-order valence-corrected chi connectivity index (χ3v) is 1.64. The third kappa shape index (κ3) is 3.89. The Hall–Kier alpha value is -1.10. The molecule has 76 valence electrons. The van der Waals surface area contributed by atoms with Crippen LogP contribution in [0.3, 0.4) is 0 Å². The van der Waals surface area contributed by atoms with Crippen molar-refractivity contribution in [1.82, 2.24) is 10.2 Å². The summed E-state index contributed by atoms with van der Waals surface area (Å²) in [6.07, 6.45) is 0. The van der Waals surface area contributed by atoms with Crippen LogP contribution >= 0.6 is 0 Å². The van der Waals surface area contributed by atoms with E-state index >= 15 is 0 Å². The van der Waals surface area contributed by atoms with E-state index in [0.717, 1.165) is 0 Å². The number of aliphatic hydroxyl groups is 1. The van der Waals surface area contributed by atoms with Crippen LogP contribution in [-0.4, -0.2) is 48.1 Å². The van der Waals surface area contributed by atoms with Crippen LogP contribution < -0.4 is 5.32 Å². The van der Waals surface area contributed by atoms with Gasteiger partial charge in [0.15, 0.2) is 0 Å². The standard InChI is InChI=1S/C8H16N2O3/c1-3-10(4-2)8(13)7(12)9-5-6-11/h11H,3-6H2,1-2H3,(H,9,12). The molecule has 0 aliphatic heterocycles. The summed E-state index contributed by atoms with van der Waals surface area (Å²) in [5.74, 6) is -1.20. The van der Waals surface area contributed by atoms with Crippen LogP contribution in [0.2, 0.25) is 0 Å². The molecule has 2 amide bonds. The van der Waals surface area contributed by atoms with Gasteiger partial charge in [0, 0.05) is 19.6 Å². The Morgan fingerprint density at radius 1 is 1.31 bits per heavy atom. The second-order valence-electron chi connectivity index (χ2n) is 2.46. The lowest BCUT2D eigenvalue weighted by molar-refractivity contribution is -0.145. The minimum absolute atomic E-state index is 0.117. The largest absolute Gasteiger partial charge is 0.395 e. The summed E-state index contributed by atoms with van der Waals surface area (Å²) in [4.78, 5) is 23.7. The molecule has 0 rings (SSSR count). The van der Waals surface area contributed by atoms with Crippen LogP contribution in [0.1, 0.15) is 13.8 Å². The summed E-state index contributed by atoms with van der Waals surface area (Å²) < 4.78 is 0. The van der Waals surface area contributed by atoms with Gasteiger partial charge in [-0.05, 0) is 13.8 Å². The number of hydrogen-bond acceptors (Lipinski definition) is 3. The minimum Gasteiger partial charge on any atom is -0.395 e.